The van der Waals surface area contributed by atoms with Gasteiger partial charge in [0.1, 0.15) is 18.1 Å². The predicted molar refractivity (Wildman–Crippen MR) is 207 cm³/mol. The van der Waals surface area contributed by atoms with E-state index in [1.165, 1.54) is 23.1 Å². The zero-order valence-electron chi connectivity index (χ0n) is 32.2. The minimum atomic E-state index is -4.70. The minimum absolute atomic E-state index is 0.00889. The van der Waals surface area contributed by atoms with Gasteiger partial charge in [-0.15, -0.1) is 0 Å². The molecule has 57 heavy (non-hydrogen) atoms. The van der Waals surface area contributed by atoms with Gasteiger partial charge in [-0.05, 0) is 76.3 Å². The maximum atomic E-state index is 15.9. The Hall–Kier alpha value is -5.36. The molecule has 4 heterocycles. The molecule has 0 bridgehead atoms. The number of alkyl halides is 3. The van der Waals surface area contributed by atoms with Crippen molar-refractivity contribution in [1.29, 1.82) is 0 Å². The lowest BCUT2D eigenvalue weighted by molar-refractivity contribution is -0.127. The first-order valence-corrected chi connectivity index (χ1v) is 20.2. The third-order valence-electron chi connectivity index (χ3n) is 8.98. The van der Waals surface area contributed by atoms with Crippen molar-refractivity contribution in [3.05, 3.63) is 89.3 Å². The van der Waals surface area contributed by atoms with E-state index in [9.17, 15) is 26.4 Å². The van der Waals surface area contributed by atoms with E-state index in [1.807, 2.05) is 0 Å². The molecule has 2 N–H and O–H groups in total. The van der Waals surface area contributed by atoms with Crippen LogP contribution in [0.2, 0.25) is 0 Å². The molecule has 1 fully saturated rings. The molecular formula is C39H44F4N8O5S. The Balaban J connectivity index is 1.56. The van der Waals surface area contributed by atoms with Crippen molar-refractivity contribution in [2.75, 3.05) is 29.0 Å². The van der Waals surface area contributed by atoms with Gasteiger partial charge in [0.25, 0.3) is 5.91 Å². The van der Waals surface area contributed by atoms with Crippen LogP contribution in [0.3, 0.4) is 0 Å². The number of pyridine rings is 1. The third kappa shape index (κ3) is 9.97. The lowest BCUT2D eigenvalue weighted by atomic mass is 9.99. The molecule has 2 aromatic carbocycles. The number of ether oxygens (including phenoxy) is 2. The van der Waals surface area contributed by atoms with E-state index in [1.54, 1.807) is 58.0 Å². The molecule has 3 aromatic heterocycles. The van der Waals surface area contributed by atoms with E-state index >= 15 is 4.39 Å². The van der Waals surface area contributed by atoms with Crippen molar-refractivity contribution in [1.82, 2.24) is 30.0 Å². The Bertz CT molecular complexity index is 2350. The number of hydrogen-bond acceptors (Lipinski definition) is 10. The number of sulfonamides is 1. The van der Waals surface area contributed by atoms with Crippen LogP contribution in [-0.4, -0.2) is 70.2 Å². The molecule has 304 valence electrons. The van der Waals surface area contributed by atoms with Crippen LogP contribution in [-0.2, 0) is 34.3 Å². The van der Waals surface area contributed by atoms with Gasteiger partial charge in [-0.2, -0.15) is 18.3 Å². The van der Waals surface area contributed by atoms with Crippen molar-refractivity contribution in [2.45, 2.75) is 84.5 Å². The van der Waals surface area contributed by atoms with Gasteiger partial charge in [0.05, 0.1) is 35.8 Å². The highest BCUT2D eigenvalue weighted by atomic mass is 32.2. The number of hydrogen-bond donors (Lipinski definition) is 2. The zero-order chi connectivity index (χ0) is 41.1. The van der Waals surface area contributed by atoms with Gasteiger partial charge in [0.2, 0.25) is 10.0 Å². The molecule has 13 nitrogen and oxygen atoms in total. The maximum absolute atomic E-state index is 15.9. The number of nitrogens with one attached hydrogen (secondary N) is 2. The highest BCUT2D eigenvalue weighted by molar-refractivity contribution is 7.92. The highest BCUT2D eigenvalue weighted by Gasteiger charge is 2.33. The van der Waals surface area contributed by atoms with Crippen molar-refractivity contribution in [3.63, 3.8) is 0 Å². The SMILES string of the molecule is CCN(c1nccnc1CNc1nc(-c2cc(F)c(OCc3ccccc3)cc2CC(F)(F)F)cc2c1c(C(=O)NC(C)(C)C)nn2C1CCCCO1)S(C)(=O)=O. The molecular weight excluding hydrogens is 769 g/mol. The summed E-state index contributed by atoms with van der Waals surface area (Å²) in [5.74, 6) is -1.81. The monoisotopic (exact) mass is 812 g/mol. The second-order valence-electron chi connectivity index (χ2n) is 14.7. The third-order valence-corrected chi connectivity index (χ3v) is 10.2. The maximum Gasteiger partial charge on any atom is 0.393 e. The Morgan fingerprint density at radius 2 is 1.81 bits per heavy atom. The molecule has 1 atom stereocenters. The fraction of sp³-hybridized carbons (Fsp3) is 0.410. The van der Waals surface area contributed by atoms with Gasteiger partial charge < -0.3 is 20.1 Å². The topological polar surface area (TPSA) is 153 Å². The van der Waals surface area contributed by atoms with Gasteiger partial charge in [0.15, 0.2) is 29.3 Å². The number of carbonyl (C=O) groups excluding carboxylic acids is 1. The Kier molecular flexibility index (Phi) is 12.0. The Morgan fingerprint density at radius 1 is 1.07 bits per heavy atom. The Morgan fingerprint density at radius 3 is 2.46 bits per heavy atom. The van der Waals surface area contributed by atoms with Crippen molar-refractivity contribution in [2.24, 2.45) is 0 Å². The summed E-state index contributed by atoms with van der Waals surface area (Å²) in [4.78, 5) is 27.3. The number of fused-ring (bicyclic) bond motifs is 1. The molecule has 0 aliphatic carbocycles. The van der Waals surface area contributed by atoms with Crippen LogP contribution in [0.5, 0.6) is 5.75 Å². The summed E-state index contributed by atoms with van der Waals surface area (Å²) in [7, 11) is -3.77. The molecule has 0 radical (unpaired) electrons. The van der Waals surface area contributed by atoms with E-state index in [-0.39, 0.29) is 76.2 Å². The molecule has 1 saturated heterocycles. The summed E-state index contributed by atoms with van der Waals surface area (Å²) >= 11 is 0. The van der Waals surface area contributed by atoms with Crippen molar-refractivity contribution < 1.29 is 40.2 Å². The number of carbonyl (C=O) groups is 1. The summed E-state index contributed by atoms with van der Waals surface area (Å²) < 4.78 is 98.2. The average Bonchev–Trinajstić information content (AvgIpc) is 3.54. The first kappa shape index (κ1) is 41.3. The smallest absolute Gasteiger partial charge is 0.393 e. The number of benzene rings is 2. The van der Waals surface area contributed by atoms with Crippen LogP contribution >= 0.6 is 0 Å². The second-order valence-corrected chi connectivity index (χ2v) is 16.6. The number of rotatable bonds is 13. The fourth-order valence-electron chi connectivity index (χ4n) is 6.56. The summed E-state index contributed by atoms with van der Waals surface area (Å²) in [5.41, 5.74) is -0.119. The van der Waals surface area contributed by atoms with E-state index in [4.69, 9.17) is 19.6 Å². The predicted octanol–water partition coefficient (Wildman–Crippen LogP) is 7.34. The summed E-state index contributed by atoms with van der Waals surface area (Å²) in [6.07, 6.45) is -0.895. The quantitative estimate of drug-likeness (QED) is 0.116. The van der Waals surface area contributed by atoms with E-state index in [0.29, 0.717) is 18.6 Å². The normalized spacial score (nSPS) is 15.1. The van der Waals surface area contributed by atoms with Crippen LogP contribution in [0, 0.1) is 5.82 Å². The van der Waals surface area contributed by atoms with Crippen LogP contribution in [0.25, 0.3) is 22.2 Å². The Labute approximate surface area is 327 Å². The van der Waals surface area contributed by atoms with Crippen LogP contribution < -0.4 is 19.7 Å². The van der Waals surface area contributed by atoms with Crippen LogP contribution in [0.15, 0.2) is 60.9 Å². The molecule has 1 amide bonds. The summed E-state index contributed by atoms with van der Waals surface area (Å²) in [5, 5.41) is 11.0. The molecule has 18 heteroatoms. The largest absolute Gasteiger partial charge is 0.486 e. The number of anilines is 2. The molecule has 6 rings (SSSR count). The molecule has 0 saturated carbocycles. The molecule has 5 aromatic rings. The van der Waals surface area contributed by atoms with Crippen LogP contribution in [0.1, 0.15) is 80.5 Å². The van der Waals surface area contributed by atoms with E-state index < -0.39 is 46.1 Å². The van der Waals surface area contributed by atoms with Gasteiger partial charge in [-0.1, -0.05) is 30.3 Å². The van der Waals surface area contributed by atoms with Gasteiger partial charge in [-0.3, -0.25) is 14.1 Å². The van der Waals surface area contributed by atoms with Crippen molar-refractivity contribution >= 4 is 38.5 Å². The number of nitrogens with zero attached hydrogens (tertiary/aromatic N) is 6. The lowest BCUT2D eigenvalue weighted by Crippen LogP contribution is -2.41. The van der Waals surface area contributed by atoms with E-state index in [0.717, 1.165) is 35.5 Å². The average molecular weight is 813 g/mol. The summed E-state index contributed by atoms with van der Waals surface area (Å²) in [6.45, 7) is 7.21. The molecule has 1 aliphatic rings. The first-order chi connectivity index (χ1) is 26.9. The molecule has 1 unspecified atom stereocenters. The lowest BCUT2D eigenvalue weighted by Gasteiger charge is -2.24. The summed E-state index contributed by atoms with van der Waals surface area (Å²) in [6, 6.07) is 12.3. The van der Waals surface area contributed by atoms with Gasteiger partial charge >= 0.3 is 6.18 Å². The molecule has 0 spiro atoms. The van der Waals surface area contributed by atoms with Gasteiger partial charge in [0, 0.05) is 36.6 Å². The van der Waals surface area contributed by atoms with E-state index in [2.05, 4.69) is 20.6 Å². The molecule has 1 aliphatic heterocycles. The highest BCUT2D eigenvalue weighted by Crippen LogP contribution is 2.39. The standard InChI is InChI=1S/C39H44F4N8O5S/c1-6-50(57(5,53)54)36-29(44-15-16-45-36)22-46-35-33-30(51(32-14-10-11-17-55-32)49-34(33)37(52)48-38(2,3)4)20-28(47-35)26-19-27(40)31(18-25(26)21-39(41,42)43)56-23-24-12-8-7-9-13-24/h7-9,12-13,15-16,18-20,32H,6,10-11,14,17,21-23H2,1-5H3,(H,46,47)(H,48,52). The van der Waals surface area contributed by atoms with Crippen LogP contribution in [0.4, 0.5) is 29.2 Å². The van der Waals surface area contributed by atoms with Gasteiger partial charge in [-0.25, -0.2) is 27.5 Å². The number of aromatic nitrogens is 5. The van der Waals surface area contributed by atoms with Crippen molar-refractivity contribution in [3.8, 4) is 17.0 Å². The minimum Gasteiger partial charge on any atom is -0.486 e. The zero-order valence-corrected chi connectivity index (χ0v) is 33.0. The number of amides is 1. The first-order valence-electron chi connectivity index (χ1n) is 18.4. The number of halogens is 4. The fourth-order valence-corrected chi connectivity index (χ4v) is 7.50. The second kappa shape index (κ2) is 16.6.